The first-order chi connectivity index (χ1) is 18.4. The van der Waals surface area contributed by atoms with Gasteiger partial charge in [-0.3, -0.25) is 0 Å². The predicted molar refractivity (Wildman–Crippen MR) is 184 cm³/mol. The average molecular weight is 582 g/mol. The first-order valence-electron chi connectivity index (χ1n) is 15.7. The van der Waals surface area contributed by atoms with Gasteiger partial charge in [-0.25, -0.2) is 9.97 Å². The van der Waals surface area contributed by atoms with Gasteiger partial charge in [0.15, 0.2) is 0 Å². The number of aromatic nitrogens is 5. The highest BCUT2D eigenvalue weighted by atomic mass is 15.1. The molecule has 0 N–H and O–H groups in total. The summed E-state index contributed by atoms with van der Waals surface area (Å²) < 4.78 is 6.95. The van der Waals surface area contributed by atoms with Crippen LogP contribution in [0.1, 0.15) is 159 Å². The molecule has 3 aromatic heterocycles. The number of aryl methyl sites for hydroxylation is 3. The summed E-state index contributed by atoms with van der Waals surface area (Å²) in [5, 5.41) is 0. The van der Waals surface area contributed by atoms with Crippen LogP contribution in [0.25, 0.3) is 0 Å². The van der Waals surface area contributed by atoms with Crippen LogP contribution in [-0.2, 0) is 32.9 Å². The Hall–Kier alpha value is -2.30. The predicted octanol–water partition coefficient (Wildman–Crippen LogP) is 10.3. The molecule has 240 valence electrons. The van der Waals surface area contributed by atoms with Crippen molar-refractivity contribution in [1.29, 1.82) is 0 Å². The molecule has 0 atom stereocenters. The zero-order valence-electron chi connectivity index (χ0n) is 31.5. The molecule has 42 heavy (non-hydrogen) atoms. The van der Waals surface area contributed by atoms with Crippen LogP contribution in [0.5, 0.6) is 0 Å². The number of hydrogen-bond acceptors (Lipinski definition) is 2. The van der Waals surface area contributed by atoms with Gasteiger partial charge in [0.1, 0.15) is 11.6 Å². The first-order valence-corrected chi connectivity index (χ1v) is 15.7. The third-order valence-electron chi connectivity index (χ3n) is 6.89. The van der Waals surface area contributed by atoms with E-state index in [-0.39, 0.29) is 32.9 Å². The van der Waals surface area contributed by atoms with Gasteiger partial charge < -0.3 is 13.7 Å². The number of hydrogen-bond donors (Lipinski definition) is 0. The molecule has 0 amide bonds. The van der Waals surface area contributed by atoms with Crippen LogP contribution in [0.15, 0.2) is 24.7 Å². The minimum absolute atomic E-state index is 0.113. The van der Waals surface area contributed by atoms with Crippen molar-refractivity contribution in [1.82, 2.24) is 23.7 Å². The number of rotatable bonds is 0. The molecule has 3 aromatic rings. The molecule has 0 fully saturated rings. The molecule has 5 heteroatoms. The van der Waals surface area contributed by atoms with Gasteiger partial charge in [0.25, 0.3) is 0 Å². The van der Waals surface area contributed by atoms with Crippen molar-refractivity contribution in [3.05, 3.63) is 59.0 Å². The lowest BCUT2D eigenvalue weighted by molar-refractivity contribution is 0.354. The third-order valence-corrected chi connectivity index (χ3v) is 6.89. The fourth-order valence-corrected chi connectivity index (χ4v) is 4.80. The zero-order chi connectivity index (χ0) is 33.4. The lowest BCUT2D eigenvalue weighted by Gasteiger charge is -2.30. The molecule has 0 saturated carbocycles. The highest BCUT2D eigenvalue weighted by Crippen LogP contribution is 2.30. The van der Waals surface area contributed by atoms with Crippen molar-refractivity contribution in [3.8, 4) is 0 Å². The summed E-state index contributed by atoms with van der Waals surface area (Å²) in [4.78, 5) is 9.22. The Kier molecular flexibility index (Phi) is 11.1. The van der Waals surface area contributed by atoms with E-state index in [1.807, 2.05) is 0 Å². The Morgan fingerprint density at radius 3 is 0.929 bits per heavy atom. The molecule has 0 aliphatic rings. The maximum atomic E-state index is 4.61. The molecule has 0 aromatic carbocycles. The van der Waals surface area contributed by atoms with Crippen molar-refractivity contribution in [3.63, 3.8) is 0 Å². The summed E-state index contributed by atoms with van der Waals surface area (Å²) in [7, 11) is 0. The van der Waals surface area contributed by atoms with Gasteiger partial charge >= 0.3 is 0 Å². The highest BCUT2D eigenvalue weighted by molar-refractivity contribution is 5.25. The van der Waals surface area contributed by atoms with Gasteiger partial charge in [-0.2, -0.15) is 0 Å². The second kappa shape index (κ2) is 12.4. The molecule has 0 unspecified atom stereocenters. The topological polar surface area (TPSA) is 40.6 Å². The van der Waals surface area contributed by atoms with Crippen molar-refractivity contribution in [2.24, 2.45) is 0 Å². The molecule has 0 spiro atoms. The van der Waals surface area contributed by atoms with Gasteiger partial charge in [-0.15, -0.1) is 0 Å². The first kappa shape index (κ1) is 37.7. The van der Waals surface area contributed by atoms with Crippen LogP contribution in [0, 0.1) is 20.8 Å². The summed E-state index contributed by atoms with van der Waals surface area (Å²) >= 11 is 0. The maximum absolute atomic E-state index is 4.61. The Balaban J connectivity index is 0.000000315. The summed E-state index contributed by atoms with van der Waals surface area (Å²) in [6.07, 6.45) is 6.53. The molecular weight excluding hydrogens is 514 g/mol. The SMILES string of the molecule is Cc1cc(C(C)(C)C)n(C(C)(C)C)c1.Cc1cn(C(C)(C)C)c(C(C)(C)C)n1.Cc1cn(C(C)(C)C)c(C(C)(C)C)n1. The Bertz CT molecular complexity index is 1030. The van der Waals surface area contributed by atoms with Crippen molar-refractivity contribution in [2.45, 2.75) is 178 Å². The second-order valence-corrected chi connectivity index (χ2v) is 18.2. The Morgan fingerprint density at radius 2 is 0.738 bits per heavy atom. The lowest BCUT2D eigenvalue weighted by atomic mass is 9.90. The zero-order valence-corrected chi connectivity index (χ0v) is 31.5. The monoisotopic (exact) mass is 582 g/mol. The summed E-state index contributed by atoms with van der Waals surface area (Å²) in [6.45, 7) is 46.3. The molecule has 0 saturated heterocycles. The number of imidazole rings is 2. The largest absolute Gasteiger partial charge is 0.345 e. The molecule has 3 rings (SSSR count). The van der Waals surface area contributed by atoms with Gasteiger partial charge in [-0.05, 0) is 94.7 Å². The van der Waals surface area contributed by atoms with Gasteiger partial charge in [0, 0.05) is 57.1 Å². The van der Waals surface area contributed by atoms with Crippen LogP contribution < -0.4 is 0 Å². The van der Waals surface area contributed by atoms with E-state index < -0.39 is 0 Å². The van der Waals surface area contributed by atoms with E-state index >= 15 is 0 Å². The van der Waals surface area contributed by atoms with E-state index in [2.05, 4.69) is 194 Å². The Morgan fingerprint density at radius 1 is 0.429 bits per heavy atom. The minimum atomic E-state index is 0.113. The fraction of sp³-hybridized carbons (Fsp3) is 0.730. The van der Waals surface area contributed by atoms with E-state index in [9.17, 15) is 0 Å². The van der Waals surface area contributed by atoms with Crippen LogP contribution >= 0.6 is 0 Å². The van der Waals surface area contributed by atoms with Crippen molar-refractivity contribution < 1.29 is 0 Å². The van der Waals surface area contributed by atoms with E-state index in [1.54, 1.807) is 0 Å². The molecule has 0 radical (unpaired) electrons. The third kappa shape index (κ3) is 10.5. The minimum Gasteiger partial charge on any atom is -0.345 e. The van der Waals surface area contributed by atoms with Crippen molar-refractivity contribution in [2.75, 3.05) is 0 Å². The molecule has 0 aliphatic carbocycles. The maximum Gasteiger partial charge on any atom is 0.114 e. The molecular formula is C37H67N5. The van der Waals surface area contributed by atoms with E-state index in [1.165, 1.54) is 22.9 Å². The van der Waals surface area contributed by atoms with Gasteiger partial charge in [-0.1, -0.05) is 62.3 Å². The second-order valence-electron chi connectivity index (χ2n) is 18.2. The quantitative estimate of drug-likeness (QED) is 0.265. The normalized spacial score (nSPS) is 13.4. The average Bonchev–Trinajstić information content (AvgIpc) is 3.42. The molecule has 3 heterocycles. The fourth-order valence-electron chi connectivity index (χ4n) is 4.80. The van der Waals surface area contributed by atoms with E-state index in [4.69, 9.17) is 0 Å². The van der Waals surface area contributed by atoms with Crippen molar-refractivity contribution >= 4 is 0 Å². The van der Waals surface area contributed by atoms with Gasteiger partial charge in [0.2, 0.25) is 0 Å². The number of nitrogens with zero attached hydrogens (tertiary/aromatic N) is 5. The molecule has 0 aliphatic heterocycles. The van der Waals surface area contributed by atoms with Crippen LogP contribution in [0.2, 0.25) is 0 Å². The summed E-state index contributed by atoms with van der Waals surface area (Å²) in [5.74, 6) is 2.34. The molecule has 0 bridgehead atoms. The molecule has 5 nitrogen and oxygen atoms in total. The van der Waals surface area contributed by atoms with Crippen LogP contribution in [0.3, 0.4) is 0 Å². The summed E-state index contributed by atoms with van der Waals surface area (Å²) in [5.41, 5.74) is 5.83. The van der Waals surface area contributed by atoms with Crippen LogP contribution in [0.4, 0.5) is 0 Å². The Labute approximate surface area is 260 Å². The summed E-state index contributed by atoms with van der Waals surface area (Å²) in [6, 6.07) is 2.30. The standard InChI is InChI=1S/C13H23N.2C12H22N2/c1-10-8-11(12(2,3)4)14(9-10)13(5,6)7;2*1-9-8-14(12(5,6)7)10(13-9)11(2,3)4/h8-9H,1-7H3;2*8H,1-7H3. The lowest BCUT2D eigenvalue weighted by Crippen LogP contribution is -2.29. The van der Waals surface area contributed by atoms with E-state index in [0.29, 0.717) is 0 Å². The van der Waals surface area contributed by atoms with E-state index in [0.717, 1.165) is 11.4 Å². The smallest absolute Gasteiger partial charge is 0.114 e. The van der Waals surface area contributed by atoms with Crippen LogP contribution in [-0.4, -0.2) is 23.7 Å². The highest BCUT2D eigenvalue weighted by Gasteiger charge is 2.27. The van der Waals surface area contributed by atoms with Gasteiger partial charge in [0.05, 0.1) is 11.4 Å².